The number of hydrogen-bond donors (Lipinski definition) is 1. The van der Waals surface area contributed by atoms with Gasteiger partial charge in [0, 0.05) is 43.7 Å². The Balaban J connectivity index is 1.51. The molecule has 1 N–H and O–H groups in total. The molecule has 7 nitrogen and oxygen atoms in total. The maximum absolute atomic E-state index is 12.9. The van der Waals surface area contributed by atoms with Gasteiger partial charge in [-0.25, -0.2) is 4.79 Å². The Morgan fingerprint density at radius 2 is 1.84 bits per heavy atom. The second-order valence-electron chi connectivity index (χ2n) is 8.47. The number of pyridine rings is 1. The van der Waals surface area contributed by atoms with E-state index in [1.54, 1.807) is 56.1 Å². The lowest BCUT2D eigenvalue weighted by Gasteiger charge is -2.32. The zero-order valence-electron chi connectivity index (χ0n) is 18.1. The molecule has 1 aromatic carbocycles. The molecule has 0 bridgehead atoms. The van der Waals surface area contributed by atoms with Gasteiger partial charge in [-0.1, -0.05) is 11.6 Å². The van der Waals surface area contributed by atoms with E-state index in [4.69, 9.17) is 21.1 Å². The van der Waals surface area contributed by atoms with Gasteiger partial charge < -0.3 is 19.7 Å². The Morgan fingerprint density at radius 3 is 2.48 bits per heavy atom. The average Bonchev–Trinajstić information content (AvgIpc) is 2.73. The number of halogens is 1. The van der Waals surface area contributed by atoms with Gasteiger partial charge in [0.05, 0.1) is 0 Å². The molecule has 31 heavy (non-hydrogen) atoms. The lowest BCUT2D eigenvalue weighted by Crippen LogP contribution is -2.42. The number of alkyl carbamates (subject to hydrolysis) is 1. The second kappa shape index (κ2) is 10.0. The highest BCUT2D eigenvalue weighted by molar-refractivity contribution is 6.30. The Hall–Kier alpha value is -2.80. The highest BCUT2D eigenvalue weighted by Gasteiger charge is 2.25. The van der Waals surface area contributed by atoms with Gasteiger partial charge in [-0.15, -0.1) is 0 Å². The third-order valence-corrected chi connectivity index (χ3v) is 4.98. The monoisotopic (exact) mass is 445 g/mol. The van der Waals surface area contributed by atoms with E-state index >= 15 is 0 Å². The maximum atomic E-state index is 12.9. The summed E-state index contributed by atoms with van der Waals surface area (Å²) in [4.78, 5) is 30.7. The van der Waals surface area contributed by atoms with E-state index in [1.165, 1.54) is 0 Å². The Labute approximate surface area is 187 Å². The van der Waals surface area contributed by atoms with Crippen LogP contribution in [0.15, 0.2) is 42.6 Å². The number of piperidine rings is 1. The summed E-state index contributed by atoms with van der Waals surface area (Å²) < 4.78 is 11.2. The molecular weight excluding hydrogens is 418 g/mol. The smallest absolute Gasteiger partial charge is 0.407 e. The highest BCUT2D eigenvalue weighted by atomic mass is 35.5. The Morgan fingerprint density at radius 1 is 1.16 bits per heavy atom. The van der Waals surface area contributed by atoms with Gasteiger partial charge >= 0.3 is 6.09 Å². The Bertz CT molecular complexity index is 904. The molecule has 2 heterocycles. The molecule has 2 amide bonds. The molecule has 8 heteroatoms. The van der Waals surface area contributed by atoms with Crippen molar-refractivity contribution in [1.82, 2.24) is 15.2 Å². The summed E-state index contributed by atoms with van der Waals surface area (Å²) in [5.74, 6) is 0.657. The molecule has 0 atom stereocenters. The van der Waals surface area contributed by atoms with Crippen molar-refractivity contribution in [2.75, 3.05) is 13.1 Å². The molecule has 0 radical (unpaired) electrons. The van der Waals surface area contributed by atoms with Crippen LogP contribution in [-0.4, -0.2) is 46.7 Å². The van der Waals surface area contributed by atoms with Gasteiger partial charge in [0.2, 0.25) is 0 Å². The number of carbonyl (C=O) groups excluding carboxylic acids is 2. The molecular formula is C23H28ClN3O4. The van der Waals surface area contributed by atoms with Crippen molar-refractivity contribution < 1.29 is 19.1 Å². The molecule has 1 aliphatic rings. The molecule has 3 rings (SSSR count). The van der Waals surface area contributed by atoms with E-state index in [-0.39, 0.29) is 18.6 Å². The predicted molar refractivity (Wildman–Crippen MR) is 118 cm³/mol. The number of ether oxygens (including phenoxy) is 2. The SMILES string of the molecule is CC(C)(C)OC(=O)NCc1ccnc(C(=O)N2CCC(Oc3ccc(Cl)cc3)CC2)c1. The molecule has 0 saturated carbocycles. The van der Waals surface area contributed by atoms with Crippen molar-refractivity contribution in [3.63, 3.8) is 0 Å². The van der Waals surface area contributed by atoms with Crippen LogP contribution >= 0.6 is 11.6 Å². The van der Waals surface area contributed by atoms with Crippen LogP contribution in [-0.2, 0) is 11.3 Å². The van der Waals surface area contributed by atoms with Gasteiger partial charge in [0.25, 0.3) is 5.91 Å². The van der Waals surface area contributed by atoms with Crippen LogP contribution in [0.1, 0.15) is 49.7 Å². The maximum Gasteiger partial charge on any atom is 0.407 e. The highest BCUT2D eigenvalue weighted by Crippen LogP contribution is 2.22. The fourth-order valence-corrected chi connectivity index (χ4v) is 3.36. The number of likely N-dealkylation sites (tertiary alicyclic amines) is 1. The first-order valence-corrected chi connectivity index (χ1v) is 10.7. The van der Waals surface area contributed by atoms with Gasteiger partial charge in [0.15, 0.2) is 0 Å². The molecule has 0 unspecified atom stereocenters. The molecule has 1 saturated heterocycles. The Kier molecular flexibility index (Phi) is 7.38. The molecule has 1 aromatic heterocycles. The lowest BCUT2D eigenvalue weighted by molar-refractivity contribution is 0.0523. The number of carbonyl (C=O) groups is 2. The summed E-state index contributed by atoms with van der Waals surface area (Å²) in [7, 11) is 0. The van der Waals surface area contributed by atoms with Crippen LogP contribution in [0.3, 0.4) is 0 Å². The third-order valence-electron chi connectivity index (χ3n) is 4.72. The number of amides is 2. The first-order chi connectivity index (χ1) is 14.7. The van der Waals surface area contributed by atoms with E-state index in [9.17, 15) is 9.59 Å². The van der Waals surface area contributed by atoms with Crippen molar-refractivity contribution in [2.24, 2.45) is 0 Å². The van der Waals surface area contributed by atoms with E-state index in [1.807, 2.05) is 12.1 Å². The number of hydrogen-bond acceptors (Lipinski definition) is 5. The minimum absolute atomic E-state index is 0.0579. The van der Waals surface area contributed by atoms with Gasteiger partial charge in [-0.2, -0.15) is 0 Å². The van der Waals surface area contributed by atoms with Crippen molar-refractivity contribution in [3.05, 3.63) is 58.9 Å². The minimum Gasteiger partial charge on any atom is -0.490 e. The zero-order valence-corrected chi connectivity index (χ0v) is 18.8. The number of nitrogens with one attached hydrogen (secondary N) is 1. The molecule has 166 valence electrons. The summed E-state index contributed by atoms with van der Waals surface area (Å²) in [6, 6.07) is 10.8. The summed E-state index contributed by atoms with van der Waals surface area (Å²) in [5, 5.41) is 3.37. The molecule has 0 spiro atoms. The lowest BCUT2D eigenvalue weighted by atomic mass is 10.1. The van der Waals surface area contributed by atoms with E-state index in [2.05, 4.69) is 10.3 Å². The molecule has 0 aliphatic carbocycles. The van der Waals surface area contributed by atoms with E-state index in [0.717, 1.165) is 24.2 Å². The topological polar surface area (TPSA) is 80.8 Å². The summed E-state index contributed by atoms with van der Waals surface area (Å²) >= 11 is 5.91. The first kappa shape index (κ1) is 22.9. The van der Waals surface area contributed by atoms with Crippen LogP contribution in [0.4, 0.5) is 4.79 Å². The van der Waals surface area contributed by atoms with Crippen LogP contribution in [0.25, 0.3) is 0 Å². The number of aromatic nitrogens is 1. The molecule has 2 aromatic rings. The molecule has 1 fully saturated rings. The van der Waals surface area contributed by atoms with E-state index < -0.39 is 11.7 Å². The van der Waals surface area contributed by atoms with Crippen LogP contribution < -0.4 is 10.1 Å². The number of nitrogens with zero attached hydrogens (tertiary/aromatic N) is 2. The molecule has 1 aliphatic heterocycles. The van der Waals surface area contributed by atoms with Crippen molar-refractivity contribution in [2.45, 2.75) is 51.9 Å². The van der Waals surface area contributed by atoms with Gasteiger partial charge in [0.1, 0.15) is 23.1 Å². The van der Waals surface area contributed by atoms with Gasteiger partial charge in [-0.3, -0.25) is 9.78 Å². The van der Waals surface area contributed by atoms with Crippen molar-refractivity contribution >= 4 is 23.6 Å². The normalized spacial score (nSPS) is 14.8. The van der Waals surface area contributed by atoms with Crippen LogP contribution in [0.5, 0.6) is 5.75 Å². The average molecular weight is 446 g/mol. The first-order valence-electron chi connectivity index (χ1n) is 10.3. The predicted octanol–water partition coefficient (Wildman–Crippen LogP) is 4.44. The summed E-state index contributed by atoms with van der Waals surface area (Å²) in [6.07, 6.45) is 2.63. The number of benzene rings is 1. The van der Waals surface area contributed by atoms with Crippen LogP contribution in [0, 0.1) is 0 Å². The fraction of sp³-hybridized carbons (Fsp3) is 0.435. The zero-order chi connectivity index (χ0) is 22.4. The van der Waals surface area contributed by atoms with Gasteiger partial charge in [-0.05, 0) is 62.7 Å². The van der Waals surface area contributed by atoms with Crippen LogP contribution in [0.2, 0.25) is 5.02 Å². The minimum atomic E-state index is -0.563. The van der Waals surface area contributed by atoms with Crippen molar-refractivity contribution in [1.29, 1.82) is 0 Å². The number of rotatable bonds is 5. The van der Waals surface area contributed by atoms with Crippen molar-refractivity contribution in [3.8, 4) is 5.75 Å². The fourth-order valence-electron chi connectivity index (χ4n) is 3.23. The summed E-state index contributed by atoms with van der Waals surface area (Å²) in [5.41, 5.74) is 0.582. The second-order valence-corrected chi connectivity index (χ2v) is 8.90. The van der Waals surface area contributed by atoms with E-state index in [0.29, 0.717) is 23.8 Å². The quantitative estimate of drug-likeness (QED) is 0.735. The third kappa shape index (κ3) is 7.14. The summed E-state index contributed by atoms with van der Waals surface area (Å²) in [6.45, 7) is 6.87. The standard InChI is InChI=1S/C23H28ClN3O4/c1-23(2,3)31-22(29)26-15-16-8-11-25-20(14-16)21(28)27-12-9-19(10-13-27)30-18-6-4-17(24)5-7-18/h4-8,11,14,19H,9-10,12-13,15H2,1-3H3,(H,26,29). The largest absolute Gasteiger partial charge is 0.490 e.